The van der Waals surface area contributed by atoms with Crippen molar-refractivity contribution in [2.75, 3.05) is 19.8 Å². The van der Waals surface area contributed by atoms with E-state index in [4.69, 9.17) is 20.8 Å². The van der Waals surface area contributed by atoms with Crippen LogP contribution in [-0.2, 0) is 21.4 Å². The largest absolute Gasteiger partial charge is 0.441 e. The Morgan fingerprint density at radius 1 is 1.10 bits per heavy atom. The summed E-state index contributed by atoms with van der Waals surface area (Å²) in [5.74, 6) is 1.46. The molecule has 0 radical (unpaired) electrons. The fourth-order valence-corrected chi connectivity index (χ4v) is 4.26. The van der Waals surface area contributed by atoms with Crippen LogP contribution in [0.1, 0.15) is 37.1 Å². The molecule has 1 aliphatic rings. The zero-order chi connectivity index (χ0) is 21.5. The highest BCUT2D eigenvalue weighted by Crippen LogP contribution is 2.35. The molecule has 6 heteroatoms. The topological polar surface area (TPSA) is 64.4 Å². The third kappa shape index (κ3) is 5.54. The van der Waals surface area contributed by atoms with Gasteiger partial charge in [0.15, 0.2) is 11.7 Å². The second-order valence-electron chi connectivity index (χ2n) is 8.02. The lowest BCUT2D eigenvalue weighted by molar-refractivity contribution is -0.121. The van der Waals surface area contributed by atoms with E-state index < -0.39 is 0 Å². The van der Waals surface area contributed by atoms with E-state index in [1.54, 1.807) is 6.20 Å². The van der Waals surface area contributed by atoms with Gasteiger partial charge >= 0.3 is 0 Å². The lowest BCUT2D eigenvalue weighted by atomic mass is 9.74. The second kappa shape index (κ2) is 10.1. The molecule has 4 rings (SSSR count). The molecule has 5 nitrogen and oxygen atoms in total. The smallest absolute Gasteiger partial charge is 0.220 e. The van der Waals surface area contributed by atoms with Gasteiger partial charge in [-0.2, -0.15) is 0 Å². The summed E-state index contributed by atoms with van der Waals surface area (Å²) in [6.45, 7) is 1.97. The summed E-state index contributed by atoms with van der Waals surface area (Å²) in [6, 6.07) is 17.8. The van der Waals surface area contributed by atoms with Gasteiger partial charge < -0.3 is 14.5 Å². The van der Waals surface area contributed by atoms with Gasteiger partial charge in [0.2, 0.25) is 5.91 Å². The first-order valence-corrected chi connectivity index (χ1v) is 11.1. The number of hydrogen-bond donors (Lipinski definition) is 1. The molecule has 1 aliphatic heterocycles. The molecule has 3 aromatic rings. The summed E-state index contributed by atoms with van der Waals surface area (Å²) in [4.78, 5) is 16.9. The normalized spacial score (nSPS) is 15.5. The standard InChI is InChI=1S/C25H27ClN2O3/c26-21-9-4-8-20(16-21)25(12-14-30-15-13-25)18-28-23(29)10-5-11-24-27-17-22(31-24)19-6-2-1-3-7-19/h1-4,6-9,16-17H,5,10-15,18H2,(H,28,29). The fourth-order valence-electron chi connectivity index (χ4n) is 4.07. The summed E-state index contributed by atoms with van der Waals surface area (Å²) in [5.41, 5.74) is 2.03. The van der Waals surface area contributed by atoms with Crippen molar-refractivity contribution in [1.29, 1.82) is 0 Å². The first kappa shape index (κ1) is 21.6. The maximum atomic E-state index is 12.5. The Morgan fingerprint density at radius 3 is 2.68 bits per heavy atom. The fraction of sp³-hybridized carbons (Fsp3) is 0.360. The van der Waals surface area contributed by atoms with Crippen LogP contribution in [0.15, 0.2) is 65.2 Å². The zero-order valence-corrected chi connectivity index (χ0v) is 18.2. The lowest BCUT2D eigenvalue weighted by Gasteiger charge is -2.38. The molecule has 162 valence electrons. The number of hydrogen-bond acceptors (Lipinski definition) is 4. The number of rotatable bonds is 8. The molecule has 2 heterocycles. The van der Waals surface area contributed by atoms with Crippen molar-refractivity contribution in [3.8, 4) is 11.3 Å². The monoisotopic (exact) mass is 438 g/mol. The molecule has 1 fully saturated rings. The van der Waals surface area contributed by atoms with Crippen LogP contribution in [0.5, 0.6) is 0 Å². The molecule has 0 aliphatic carbocycles. The number of carbonyl (C=O) groups is 1. The summed E-state index contributed by atoms with van der Waals surface area (Å²) < 4.78 is 11.4. The molecule has 1 N–H and O–H groups in total. The Kier molecular flexibility index (Phi) is 7.05. The van der Waals surface area contributed by atoms with Crippen LogP contribution in [-0.4, -0.2) is 30.6 Å². The quantitative estimate of drug-likeness (QED) is 0.526. The van der Waals surface area contributed by atoms with Crippen molar-refractivity contribution in [2.24, 2.45) is 0 Å². The average molecular weight is 439 g/mol. The SMILES string of the molecule is O=C(CCCc1ncc(-c2ccccc2)o1)NCC1(c2cccc(Cl)c2)CCOCC1. The van der Waals surface area contributed by atoms with Crippen LogP contribution in [0.3, 0.4) is 0 Å². The number of aryl methyl sites for hydroxylation is 1. The second-order valence-corrected chi connectivity index (χ2v) is 8.45. The van der Waals surface area contributed by atoms with E-state index >= 15 is 0 Å². The van der Waals surface area contributed by atoms with Crippen molar-refractivity contribution < 1.29 is 13.9 Å². The van der Waals surface area contributed by atoms with Crippen LogP contribution in [0.4, 0.5) is 0 Å². The lowest BCUT2D eigenvalue weighted by Crippen LogP contribution is -2.44. The predicted octanol–water partition coefficient (Wildman–Crippen LogP) is 5.18. The molecule has 1 saturated heterocycles. The Bertz CT molecular complexity index is 997. The van der Waals surface area contributed by atoms with Gasteiger partial charge in [-0.05, 0) is 37.0 Å². The highest BCUT2D eigenvalue weighted by Gasteiger charge is 2.35. The van der Waals surface area contributed by atoms with Gasteiger partial charge in [-0.25, -0.2) is 4.98 Å². The molecule has 0 saturated carbocycles. The summed E-state index contributed by atoms with van der Waals surface area (Å²) >= 11 is 6.22. The molecular formula is C25H27ClN2O3. The molecule has 0 bridgehead atoms. The van der Waals surface area contributed by atoms with E-state index in [9.17, 15) is 4.79 Å². The zero-order valence-electron chi connectivity index (χ0n) is 17.5. The van der Waals surface area contributed by atoms with Gasteiger partial charge in [-0.15, -0.1) is 0 Å². The number of nitrogens with zero attached hydrogens (tertiary/aromatic N) is 1. The first-order valence-electron chi connectivity index (χ1n) is 10.8. The predicted molar refractivity (Wildman–Crippen MR) is 121 cm³/mol. The number of aromatic nitrogens is 1. The van der Waals surface area contributed by atoms with Crippen molar-refractivity contribution in [3.63, 3.8) is 0 Å². The number of nitrogens with one attached hydrogen (secondary N) is 1. The minimum absolute atomic E-state index is 0.0442. The van der Waals surface area contributed by atoms with E-state index in [0.29, 0.717) is 44.9 Å². The van der Waals surface area contributed by atoms with E-state index in [1.807, 2.05) is 48.5 Å². The van der Waals surface area contributed by atoms with E-state index in [0.717, 1.165) is 34.8 Å². The Morgan fingerprint density at radius 2 is 1.90 bits per heavy atom. The maximum Gasteiger partial charge on any atom is 0.220 e. The molecule has 31 heavy (non-hydrogen) atoms. The summed E-state index contributed by atoms with van der Waals surface area (Å²) in [6.07, 6.45) is 5.23. The summed E-state index contributed by atoms with van der Waals surface area (Å²) in [7, 11) is 0. The molecule has 0 spiro atoms. The summed E-state index contributed by atoms with van der Waals surface area (Å²) in [5, 5.41) is 3.86. The number of ether oxygens (including phenoxy) is 1. The van der Waals surface area contributed by atoms with Gasteiger partial charge in [0, 0.05) is 48.6 Å². The average Bonchev–Trinajstić information content (AvgIpc) is 3.28. The molecule has 1 aromatic heterocycles. The van der Waals surface area contributed by atoms with Crippen LogP contribution in [0, 0.1) is 0 Å². The number of amides is 1. The van der Waals surface area contributed by atoms with Crippen LogP contribution < -0.4 is 5.32 Å². The highest BCUT2D eigenvalue weighted by molar-refractivity contribution is 6.30. The van der Waals surface area contributed by atoms with Gasteiger partial charge in [0.1, 0.15) is 0 Å². The minimum atomic E-state index is -0.133. The number of benzene rings is 2. The maximum absolute atomic E-state index is 12.5. The van der Waals surface area contributed by atoms with E-state index in [1.165, 1.54) is 0 Å². The molecule has 1 amide bonds. The first-order chi connectivity index (χ1) is 15.1. The van der Waals surface area contributed by atoms with Crippen LogP contribution in [0.2, 0.25) is 5.02 Å². The Labute approximate surface area is 187 Å². The van der Waals surface area contributed by atoms with E-state index in [2.05, 4.69) is 16.4 Å². The third-order valence-electron chi connectivity index (χ3n) is 5.92. The minimum Gasteiger partial charge on any atom is -0.441 e. The van der Waals surface area contributed by atoms with Crippen molar-refractivity contribution in [2.45, 2.75) is 37.5 Å². The Balaban J connectivity index is 1.29. The van der Waals surface area contributed by atoms with Gasteiger partial charge in [0.25, 0.3) is 0 Å². The number of oxazole rings is 1. The van der Waals surface area contributed by atoms with E-state index in [-0.39, 0.29) is 11.3 Å². The molecule has 2 aromatic carbocycles. The number of halogens is 1. The Hall–Kier alpha value is -2.63. The molecule has 0 atom stereocenters. The third-order valence-corrected chi connectivity index (χ3v) is 6.15. The highest BCUT2D eigenvalue weighted by atomic mass is 35.5. The van der Waals surface area contributed by atoms with Gasteiger partial charge in [-0.3, -0.25) is 4.79 Å². The van der Waals surface area contributed by atoms with Crippen LogP contribution >= 0.6 is 11.6 Å². The van der Waals surface area contributed by atoms with Crippen molar-refractivity contribution >= 4 is 17.5 Å². The van der Waals surface area contributed by atoms with Crippen LogP contribution in [0.25, 0.3) is 11.3 Å². The number of carbonyl (C=O) groups excluding carboxylic acids is 1. The molecular weight excluding hydrogens is 412 g/mol. The van der Waals surface area contributed by atoms with Gasteiger partial charge in [-0.1, -0.05) is 54.1 Å². The van der Waals surface area contributed by atoms with Gasteiger partial charge in [0.05, 0.1) is 6.20 Å². The van der Waals surface area contributed by atoms with Crippen molar-refractivity contribution in [1.82, 2.24) is 10.3 Å². The molecule has 0 unspecified atom stereocenters. The van der Waals surface area contributed by atoms with Crippen molar-refractivity contribution in [3.05, 3.63) is 77.3 Å².